The number of fused-ring (bicyclic) bond motifs is 1. The van der Waals surface area contributed by atoms with Crippen LogP contribution in [0.15, 0.2) is 24.3 Å². The van der Waals surface area contributed by atoms with Gasteiger partial charge in [0.25, 0.3) is 0 Å². The summed E-state index contributed by atoms with van der Waals surface area (Å²) in [7, 11) is 0. The summed E-state index contributed by atoms with van der Waals surface area (Å²) in [6.07, 6.45) is 8.10. The van der Waals surface area contributed by atoms with E-state index in [4.69, 9.17) is 0 Å². The molecule has 4 nitrogen and oxygen atoms in total. The van der Waals surface area contributed by atoms with Crippen LogP contribution in [0.5, 0.6) is 0 Å². The van der Waals surface area contributed by atoms with Crippen LogP contribution < -0.4 is 0 Å². The number of benzene rings is 1. The first kappa shape index (κ1) is 16.0. The minimum Gasteiger partial charge on any atom is -0.480 e. The average Bonchev–Trinajstić information content (AvgIpc) is 2.59. The molecule has 23 heavy (non-hydrogen) atoms. The lowest BCUT2D eigenvalue weighted by molar-refractivity contribution is -0.151. The lowest BCUT2D eigenvalue weighted by Gasteiger charge is -2.35. The highest BCUT2D eigenvalue weighted by Gasteiger charge is 2.34. The highest BCUT2D eigenvalue weighted by atomic mass is 16.4. The van der Waals surface area contributed by atoms with Crippen molar-refractivity contribution in [2.24, 2.45) is 5.92 Å². The molecule has 1 fully saturated rings. The molecule has 1 heterocycles. The zero-order valence-corrected chi connectivity index (χ0v) is 13.5. The summed E-state index contributed by atoms with van der Waals surface area (Å²) in [6.45, 7) is 0.427. The van der Waals surface area contributed by atoms with Gasteiger partial charge in [0.05, 0.1) is 0 Å². The lowest BCUT2D eigenvalue weighted by atomic mass is 9.86. The fourth-order valence-electron chi connectivity index (χ4n) is 3.95. The molecule has 1 aliphatic heterocycles. The van der Waals surface area contributed by atoms with Gasteiger partial charge in [-0.2, -0.15) is 0 Å². The molecule has 0 bridgehead atoms. The SMILES string of the molecule is O=C(O)C1Cc2ccccc2CN1C(=O)CCC1CCCCC1. The number of carboxylic acids is 1. The van der Waals surface area contributed by atoms with E-state index in [0.29, 0.717) is 25.3 Å². The molecule has 1 amide bonds. The number of hydrogen-bond acceptors (Lipinski definition) is 2. The smallest absolute Gasteiger partial charge is 0.326 e. The summed E-state index contributed by atoms with van der Waals surface area (Å²) in [5.41, 5.74) is 2.13. The Morgan fingerprint density at radius 3 is 2.48 bits per heavy atom. The Kier molecular flexibility index (Phi) is 4.99. The topological polar surface area (TPSA) is 57.6 Å². The van der Waals surface area contributed by atoms with Gasteiger partial charge in [0.2, 0.25) is 5.91 Å². The van der Waals surface area contributed by atoms with Crippen molar-refractivity contribution < 1.29 is 14.7 Å². The molecule has 2 aliphatic rings. The predicted molar refractivity (Wildman–Crippen MR) is 87.9 cm³/mol. The molecule has 0 aromatic heterocycles. The van der Waals surface area contributed by atoms with Crippen molar-refractivity contribution in [2.75, 3.05) is 0 Å². The van der Waals surface area contributed by atoms with Gasteiger partial charge in [-0.05, 0) is 23.5 Å². The molecule has 4 heteroatoms. The van der Waals surface area contributed by atoms with Crippen LogP contribution >= 0.6 is 0 Å². The maximum atomic E-state index is 12.6. The van der Waals surface area contributed by atoms with E-state index in [9.17, 15) is 14.7 Å². The van der Waals surface area contributed by atoms with Crippen molar-refractivity contribution in [2.45, 2.75) is 64.0 Å². The molecule has 3 rings (SSSR count). The number of amides is 1. The van der Waals surface area contributed by atoms with Crippen LogP contribution in [-0.2, 0) is 22.6 Å². The molecule has 1 aromatic rings. The van der Waals surface area contributed by atoms with Crippen molar-refractivity contribution in [1.82, 2.24) is 4.90 Å². The molecule has 1 N–H and O–H groups in total. The summed E-state index contributed by atoms with van der Waals surface area (Å²) >= 11 is 0. The van der Waals surface area contributed by atoms with Crippen molar-refractivity contribution >= 4 is 11.9 Å². The van der Waals surface area contributed by atoms with Gasteiger partial charge in [0, 0.05) is 19.4 Å². The number of carbonyl (C=O) groups excluding carboxylic acids is 1. The third kappa shape index (κ3) is 3.74. The average molecular weight is 315 g/mol. The Labute approximate surface area is 137 Å². The van der Waals surface area contributed by atoms with E-state index in [-0.39, 0.29) is 5.91 Å². The molecule has 124 valence electrons. The Balaban J connectivity index is 1.66. The second kappa shape index (κ2) is 7.16. The molecular weight excluding hydrogens is 290 g/mol. The fourth-order valence-corrected chi connectivity index (χ4v) is 3.95. The Morgan fingerprint density at radius 1 is 1.09 bits per heavy atom. The van der Waals surface area contributed by atoms with Gasteiger partial charge < -0.3 is 10.0 Å². The van der Waals surface area contributed by atoms with Gasteiger partial charge in [-0.25, -0.2) is 4.79 Å². The summed E-state index contributed by atoms with van der Waals surface area (Å²) in [4.78, 5) is 25.8. The molecule has 1 aromatic carbocycles. The maximum absolute atomic E-state index is 12.6. The first-order chi connectivity index (χ1) is 11.1. The minimum atomic E-state index is -0.898. The highest BCUT2D eigenvalue weighted by Crippen LogP contribution is 2.29. The van der Waals surface area contributed by atoms with Crippen LogP contribution in [0.2, 0.25) is 0 Å². The van der Waals surface area contributed by atoms with Gasteiger partial charge in [-0.15, -0.1) is 0 Å². The summed E-state index contributed by atoms with van der Waals surface area (Å²) in [5.74, 6) is -0.254. The summed E-state index contributed by atoms with van der Waals surface area (Å²) in [6, 6.07) is 7.12. The fraction of sp³-hybridized carbons (Fsp3) is 0.579. The van der Waals surface area contributed by atoms with Crippen LogP contribution in [0.25, 0.3) is 0 Å². The minimum absolute atomic E-state index is 0.00234. The van der Waals surface area contributed by atoms with E-state index in [0.717, 1.165) is 17.5 Å². The van der Waals surface area contributed by atoms with Crippen LogP contribution in [0.1, 0.15) is 56.1 Å². The van der Waals surface area contributed by atoms with Gasteiger partial charge in [-0.3, -0.25) is 4.79 Å². The maximum Gasteiger partial charge on any atom is 0.326 e. The van der Waals surface area contributed by atoms with E-state index < -0.39 is 12.0 Å². The van der Waals surface area contributed by atoms with Gasteiger partial charge in [0.15, 0.2) is 0 Å². The molecule has 1 atom stereocenters. The van der Waals surface area contributed by atoms with Crippen molar-refractivity contribution in [1.29, 1.82) is 0 Å². The number of nitrogens with zero attached hydrogens (tertiary/aromatic N) is 1. The zero-order chi connectivity index (χ0) is 16.2. The van der Waals surface area contributed by atoms with E-state index in [2.05, 4.69) is 0 Å². The molecule has 0 spiro atoms. The van der Waals surface area contributed by atoms with Gasteiger partial charge >= 0.3 is 5.97 Å². The highest BCUT2D eigenvalue weighted by molar-refractivity contribution is 5.84. The van der Waals surface area contributed by atoms with Crippen LogP contribution in [-0.4, -0.2) is 27.9 Å². The Morgan fingerprint density at radius 2 is 1.78 bits per heavy atom. The molecule has 0 saturated heterocycles. The third-order valence-electron chi connectivity index (χ3n) is 5.35. The first-order valence-corrected chi connectivity index (χ1v) is 8.74. The van der Waals surface area contributed by atoms with Crippen LogP contribution in [0, 0.1) is 5.92 Å². The molecule has 1 unspecified atom stereocenters. The van der Waals surface area contributed by atoms with E-state index in [1.54, 1.807) is 4.90 Å². The largest absolute Gasteiger partial charge is 0.480 e. The van der Waals surface area contributed by atoms with E-state index in [1.165, 1.54) is 32.1 Å². The quantitative estimate of drug-likeness (QED) is 0.926. The monoisotopic (exact) mass is 315 g/mol. The molecular formula is C19H25NO3. The van der Waals surface area contributed by atoms with E-state index >= 15 is 0 Å². The standard InChI is InChI=1S/C19H25NO3/c21-18(11-10-14-6-2-1-3-7-14)20-13-16-9-5-4-8-15(16)12-17(20)19(22)23/h4-5,8-9,14,17H,1-3,6-7,10-13H2,(H,22,23). The lowest BCUT2D eigenvalue weighted by Crippen LogP contribution is -2.48. The number of rotatable bonds is 4. The molecule has 0 radical (unpaired) electrons. The van der Waals surface area contributed by atoms with Crippen LogP contribution in [0.3, 0.4) is 0 Å². The number of aliphatic carboxylic acids is 1. The number of carboxylic acid groups (broad SMARTS) is 1. The summed E-state index contributed by atoms with van der Waals surface area (Å²) < 4.78 is 0. The third-order valence-corrected chi connectivity index (χ3v) is 5.35. The van der Waals surface area contributed by atoms with E-state index in [1.807, 2.05) is 24.3 Å². The molecule has 1 aliphatic carbocycles. The Hall–Kier alpha value is -1.84. The zero-order valence-electron chi connectivity index (χ0n) is 13.5. The van der Waals surface area contributed by atoms with Crippen molar-refractivity contribution in [3.05, 3.63) is 35.4 Å². The second-order valence-electron chi connectivity index (χ2n) is 6.89. The number of carbonyl (C=O) groups is 2. The summed E-state index contributed by atoms with van der Waals surface area (Å²) in [5, 5.41) is 9.51. The van der Waals surface area contributed by atoms with Crippen molar-refractivity contribution in [3.8, 4) is 0 Å². The predicted octanol–water partition coefficient (Wildman–Crippen LogP) is 3.39. The van der Waals surface area contributed by atoms with Gasteiger partial charge in [-0.1, -0.05) is 56.4 Å². The first-order valence-electron chi connectivity index (χ1n) is 8.74. The Bertz CT molecular complexity index is 578. The second-order valence-corrected chi connectivity index (χ2v) is 6.89. The normalized spacial score (nSPS) is 21.7. The van der Waals surface area contributed by atoms with Crippen molar-refractivity contribution in [3.63, 3.8) is 0 Å². The van der Waals surface area contributed by atoms with Crippen LogP contribution in [0.4, 0.5) is 0 Å². The van der Waals surface area contributed by atoms with Gasteiger partial charge in [0.1, 0.15) is 6.04 Å². The molecule has 1 saturated carbocycles. The number of hydrogen-bond donors (Lipinski definition) is 1.